The molecule has 1 aliphatic heterocycles. The van der Waals surface area contributed by atoms with E-state index >= 15 is 0 Å². The minimum Gasteiger partial charge on any atom is -0.462 e. The summed E-state index contributed by atoms with van der Waals surface area (Å²) in [6.45, 7) is 6.70. The second kappa shape index (κ2) is 14.8. The smallest absolute Gasteiger partial charge is 0.322 e. The molecule has 1 saturated heterocycles. The number of aliphatic hydroxyl groups is 1. The highest BCUT2D eigenvalue weighted by Gasteiger charge is 2.50. The van der Waals surface area contributed by atoms with E-state index < -0.39 is 61.2 Å². The van der Waals surface area contributed by atoms with Gasteiger partial charge in [0, 0.05) is 19.3 Å². The first-order valence-electron chi connectivity index (χ1n) is 11.6. The Morgan fingerprint density at radius 3 is 2.09 bits per heavy atom. The van der Waals surface area contributed by atoms with Gasteiger partial charge in [-0.2, -0.15) is 0 Å². The molecule has 0 saturated carbocycles. The van der Waals surface area contributed by atoms with Crippen LogP contribution in [0.4, 0.5) is 0 Å². The standard InChI is InChI=1S/C22H38N2O9/c1-5-9-15(25)24-18-20(32-16(26)10-6-2)19(28)14(12-30-21(29)13(23)8-4)31-22(18)33-17(27)11-7-3/h13-14,18-20,22,28H,5-12,23H2,1-4H3,(H,24,25)/t13-,14+,18+,19+,20+,22?/m0/s1. The lowest BCUT2D eigenvalue weighted by Crippen LogP contribution is -2.66. The third-order valence-corrected chi connectivity index (χ3v) is 5.03. The van der Waals surface area contributed by atoms with E-state index in [1.54, 1.807) is 20.8 Å². The molecule has 1 rings (SSSR count). The molecule has 33 heavy (non-hydrogen) atoms. The number of hydrogen-bond acceptors (Lipinski definition) is 10. The van der Waals surface area contributed by atoms with E-state index in [-0.39, 0.29) is 25.2 Å². The predicted octanol–water partition coefficient (Wildman–Crippen LogP) is 0.693. The maximum Gasteiger partial charge on any atom is 0.322 e. The van der Waals surface area contributed by atoms with Crippen molar-refractivity contribution in [2.75, 3.05) is 6.61 Å². The zero-order valence-corrected chi connectivity index (χ0v) is 19.9. The summed E-state index contributed by atoms with van der Waals surface area (Å²) in [7, 11) is 0. The number of hydrogen-bond donors (Lipinski definition) is 3. The van der Waals surface area contributed by atoms with Gasteiger partial charge in [-0.1, -0.05) is 27.7 Å². The fourth-order valence-corrected chi connectivity index (χ4v) is 3.18. The van der Waals surface area contributed by atoms with Crippen molar-refractivity contribution in [2.45, 2.75) is 109 Å². The fourth-order valence-electron chi connectivity index (χ4n) is 3.18. The molecule has 0 bridgehead atoms. The Kier molecular flexibility index (Phi) is 12.9. The first kappa shape index (κ1) is 28.8. The molecule has 1 amide bonds. The van der Waals surface area contributed by atoms with Crippen LogP contribution >= 0.6 is 0 Å². The quantitative estimate of drug-likeness (QED) is 0.256. The number of ether oxygens (including phenoxy) is 4. The number of aliphatic hydroxyl groups excluding tert-OH is 1. The number of nitrogens with one attached hydrogen (secondary N) is 1. The molecule has 0 aromatic rings. The zero-order chi connectivity index (χ0) is 25.0. The second-order valence-electron chi connectivity index (χ2n) is 7.97. The lowest BCUT2D eigenvalue weighted by atomic mass is 9.96. The van der Waals surface area contributed by atoms with E-state index in [1.807, 2.05) is 6.92 Å². The Balaban J connectivity index is 3.18. The predicted molar refractivity (Wildman–Crippen MR) is 117 cm³/mol. The van der Waals surface area contributed by atoms with Crippen LogP contribution in [0.3, 0.4) is 0 Å². The van der Waals surface area contributed by atoms with Gasteiger partial charge in [0.05, 0.1) is 0 Å². The number of carbonyl (C=O) groups is 4. The van der Waals surface area contributed by atoms with Gasteiger partial charge in [-0.15, -0.1) is 0 Å². The minimum absolute atomic E-state index is 0.0883. The molecule has 1 aliphatic rings. The second-order valence-corrected chi connectivity index (χ2v) is 7.97. The van der Waals surface area contributed by atoms with Crippen LogP contribution in [-0.4, -0.2) is 72.2 Å². The van der Waals surface area contributed by atoms with Crippen molar-refractivity contribution in [2.24, 2.45) is 5.73 Å². The fraction of sp³-hybridized carbons (Fsp3) is 0.818. The summed E-state index contributed by atoms with van der Waals surface area (Å²) in [6, 6.07) is -1.99. The van der Waals surface area contributed by atoms with Crippen molar-refractivity contribution >= 4 is 23.8 Å². The summed E-state index contributed by atoms with van der Waals surface area (Å²) in [5.41, 5.74) is 5.66. The highest BCUT2D eigenvalue weighted by Crippen LogP contribution is 2.26. The number of carbonyl (C=O) groups excluding carboxylic acids is 4. The van der Waals surface area contributed by atoms with Crippen molar-refractivity contribution in [1.29, 1.82) is 0 Å². The molecular weight excluding hydrogens is 436 g/mol. The summed E-state index contributed by atoms with van der Waals surface area (Å²) in [5.74, 6) is -2.26. The van der Waals surface area contributed by atoms with Gasteiger partial charge in [-0.05, 0) is 25.7 Å². The molecule has 0 radical (unpaired) electrons. The van der Waals surface area contributed by atoms with E-state index in [2.05, 4.69) is 5.32 Å². The monoisotopic (exact) mass is 474 g/mol. The van der Waals surface area contributed by atoms with E-state index in [4.69, 9.17) is 24.7 Å². The van der Waals surface area contributed by atoms with E-state index in [0.717, 1.165) is 0 Å². The van der Waals surface area contributed by atoms with Gasteiger partial charge in [0.25, 0.3) is 0 Å². The summed E-state index contributed by atoms with van der Waals surface area (Å²) in [4.78, 5) is 48.8. The van der Waals surface area contributed by atoms with Gasteiger partial charge >= 0.3 is 17.9 Å². The van der Waals surface area contributed by atoms with Crippen LogP contribution in [0.1, 0.15) is 72.6 Å². The third-order valence-electron chi connectivity index (χ3n) is 5.03. The lowest BCUT2D eigenvalue weighted by Gasteiger charge is -2.43. The van der Waals surface area contributed by atoms with Crippen LogP contribution in [0.15, 0.2) is 0 Å². The van der Waals surface area contributed by atoms with Gasteiger partial charge in [-0.25, -0.2) is 0 Å². The topological polar surface area (TPSA) is 163 Å². The Labute approximate surface area is 194 Å². The Morgan fingerprint density at radius 1 is 0.970 bits per heavy atom. The number of amides is 1. The Hall–Kier alpha value is -2.24. The molecule has 0 aliphatic carbocycles. The highest BCUT2D eigenvalue weighted by atomic mass is 16.7. The average Bonchev–Trinajstić information content (AvgIpc) is 2.76. The summed E-state index contributed by atoms with van der Waals surface area (Å²) < 4.78 is 21.7. The number of nitrogens with two attached hydrogens (primary N) is 1. The maximum atomic E-state index is 12.3. The number of esters is 3. The van der Waals surface area contributed by atoms with Crippen LogP contribution in [0, 0.1) is 0 Å². The molecule has 1 unspecified atom stereocenters. The van der Waals surface area contributed by atoms with Crippen molar-refractivity contribution in [1.82, 2.24) is 5.32 Å². The van der Waals surface area contributed by atoms with Crippen LogP contribution < -0.4 is 11.1 Å². The van der Waals surface area contributed by atoms with Crippen molar-refractivity contribution in [3.8, 4) is 0 Å². The SMILES string of the molecule is CCCC(=O)N[C@H]1C(OC(=O)CCC)O[C@H](COC(=O)[C@@H](N)CC)[C@@H](O)[C@@H]1OC(=O)CCC. The maximum absolute atomic E-state index is 12.3. The Bertz CT molecular complexity index is 658. The van der Waals surface area contributed by atoms with Crippen LogP contribution in [-0.2, 0) is 38.1 Å². The molecule has 11 heteroatoms. The van der Waals surface area contributed by atoms with Gasteiger partial charge in [0.15, 0.2) is 6.10 Å². The van der Waals surface area contributed by atoms with Crippen molar-refractivity contribution < 1.29 is 43.2 Å². The average molecular weight is 475 g/mol. The van der Waals surface area contributed by atoms with Crippen LogP contribution in [0.25, 0.3) is 0 Å². The zero-order valence-electron chi connectivity index (χ0n) is 19.9. The molecule has 0 aromatic carbocycles. The van der Waals surface area contributed by atoms with Gasteiger partial charge in [0.1, 0.15) is 30.9 Å². The normalized spacial score (nSPS) is 25.6. The first-order chi connectivity index (χ1) is 15.7. The van der Waals surface area contributed by atoms with Gasteiger partial charge in [0.2, 0.25) is 12.2 Å². The lowest BCUT2D eigenvalue weighted by molar-refractivity contribution is -0.268. The van der Waals surface area contributed by atoms with Crippen molar-refractivity contribution in [3.63, 3.8) is 0 Å². The summed E-state index contributed by atoms with van der Waals surface area (Å²) >= 11 is 0. The van der Waals surface area contributed by atoms with E-state index in [1.165, 1.54) is 0 Å². The largest absolute Gasteiger partial charge is 0.462 e. The molecular formula is C22H38N2O9. The minimum atomic E-state index is -1.47. The summed E-state index contributed by atoms with van der Waals surface area (Å²) in [6.07, 6.45) is -3.01. The first-order valence-corrected chi connectivity index (χ1v) is 11.6. The molecule has 0 spiro atoms. The molecule has 1 fully saturated rings. The van der Waals surface area contributed by atoms with Crippen LogP contribution in [0.2, 0.25) is 0 Å². The number of rotatable bonds is 13. The van der Waals surface area contributed by atoms with Gasteiger partial charge < -0.3 is 35.1 Å². The summed E-state index contributed by atoms with van der Waals surface area (Å²) in [5, 5.41) is 13.6. The van der Waals surface area contributed by atoms with E-state index in [0.29, 0.717) is 25.7 Å². The Morgan fingerprint density at radius 2 is 1.55 bits per heavy atom. The third kappa shape index (κ3) is 9.26. The van der Waals surface area contributed by atoms with E-state index in [9.17, 15) is 24.3 Å². The molecule has 11 nitrogen and oxygen atoms in total. The molecule has 190 valence electrons. The molecule has 6 atom stereocenters. The van der Waals surface area contributed by atoms with Crippen molar-refractivity contribution in [3.05, 3.63) is 0 Å². The highest BCUT2D eigenvalue weighted by molar-refractivity contribution is 5.77. The van der Waals surface area contributed by atoms with Crippen LogP contribution in [0.5, 0.6) is 0 Å². The molecule has 4 N–H and O–H groups in total. The van der Waals surface area contributed by atoms with Gasteiger partial charge in [-0.3, -0.25) is 19.2 Å². The molecule has 1 heterocycles. The molecule has 0 aromatic heterocycles.